The van der Waals surface area contributed by atoms with Crippen molar-refractivity contribution in [3.63, 3.8) is 0 Å². The number of methoxy groups -OCH3 is 1. The van der Waals surface area contributed by atoms with Crippen molar-refractivity contribution >= 4 is 7.69 Å². The lowest BCUT2D eigenvalue weighted by atomic mass is 10.0. The van der Waals surface area contributed by atoms with Gasteiger partial charge in [0.25, 0.3) is 0 Å². The average Bonchev–Trinajstić information content (AvgIpc) is 2.39. The molecule has 0 aromatic heterocycles. The molecule has 0 fully saturated rings. The van der Waals surface area contributed by atoms with Crippen molar-refractivity contribution < 1.29 is 18.8 Å². The lowest BCUT2D eigenvalue weighted by Gasteiger charge is -2.10. The summed E-state index contributed by atoms with van der Waals surface area (Å²) in [5, 5.41) is 8.74. The fourth-order valence-electron chi connectivity index (χ4n) is 1.70. The highest BCUT2D eigenvalue weighted by atomic mass is 19.1. The van der Waals surface area contributed by atoms with Crippen LogP contribution in [0.5, 0.6) is 11.5 Å². The molecule has 0 heterocycles. The Kier molecular flexibility index (Phi) is 3.84. The van der Waals surface area contributed by atoms with Gasteiger partial charge in [0.15, 0.2) is 5.75 Å². The molecule has 0 spiro atoms. The van der Waals surface area contributed by atoms with Crippen LogP contribution < -0.4 is 9.39 Å². The van der Waals surface area contributed by atoms with Gasteiger partial charge < -0.3 is 14.4 Å². The number of hydrogen-bond donors (Lipinski definition) is 1. The maximum absolute atomic E-state index is 13.1. The minimum atomic E-state index is -0.421. The van der Waals surface area contributed by atoms with Crippen LogP contribution in [-0.2, 0) is 0 Å². The second-order valence-electron chi connectivity index (χ2n) is 3.65. The third-order valence-corrected chi connectivity index (χ3v) is 2.54. The molecule has 5 heteroatoms. The maximum atomic E-state index is 13.1. The highest BCUT2D eigenvalue weighted by Crippen LogP contribution is 2.32. The Hall–Kier alpha value is -2.01. The minimum absolute atomic E-state index is 0.290. The molecule has 0 unspecified atom stereocenters. The first-order valence-corrected chi connectivity index (χ1v) is 5.42. The summed E-state index contributed by atoms with van der Waals surface area (Å²) >= 11 is 0. The molecule has 2 aromatic rings. The molecule has 1 N–H and O–H groups in total. The smallest absolute Gasteiger partial charge is 0.504 e. The summed E-state index contributed by atoms with van der Waals surface area (Å²) in [6, 6.07) is 11.5. The Morgan fingerprint density at radius 2 is 1.83 bits per heavy atom. The van der Waals surface area contributed by atoms with Crippen LogP contribution in [0, 0.1) is 5.82 Å². The summed E-state index contributed by atoms with van der Waals surface area (Å²) < 4.78 is 23.3. The van der Waals surface area contributed by atoms with Crippen molar-refractivity contribution in [2.24, 2.45) is 0 Å². The molecule has 0 bridgehead atoms. The zero-order chi connectivity index (χ0) is 13.0. The normalized spacial score (nSPS) is 9.94. The molecule has 3 nitrogen and oxygen atoms in total. The van der Waals surface area contributed by atoms with Gasteiger partial charge in [-0.15, -0.1) is 0 Å². The maximum Gasteiger partial charge on any atom is 0.504 e. The van der Waals surface area contributed by atoms with Crippen LogP contribution in [0.4, 0.5) is 4.39 Å². The van der Waals surface area contributed by atoms with Gasteiger partial charge in [-0.3, -0.25) is 0 Å². The van der Waals surface area contributed by atoms with E-state index in [2.05, 4.69) is 0 Å². The van der Waals surface area contributed by atoms with E-state index in [1.54, 1.807) is 24.3 Å². The van der Waals surface area contributed by atoms with E-state index in [1.165, 1.54) is 19.2 Å². The van der Waals surface area contributed by atoms with Crippen LogP contribution in [0.3, 0.4) is 0 Å². The van der Waals surface area contributed by atoms with Crippen LogP contribution in [-0.4, -0.2) is 19.8 Å². The third kappa shape index (κ3) is 2.63. The highest BCUT2D eigenvalue weighted by Gasteiger charge is 2.07. The lowest BCUT2D eigenvalue weighted by Crippen LogP contribution is -2.01. The monoisotopic (exact) mass is 246 g/mol. The molecule has 0 aliphatic heterocycles. The Bertz CT molecular complexity index is 546. The van der Waals surface area contributed by atoms with Crippen LogP contribution in [0.25, 0.3) is 11.1 Å². The van der Waals surface area contributed by atoms with E-state index in [9.17, 15) is 4.39 Å². The Balaban J connectivity index is 2.41. The van der Waals surface area contributed by atoms with Gasteiger partial charge in [0.1, 0.15) is 11.6 Å². The molecule has 0 aliphatic rings. The molecule has 0 saturated heterocycles. The fraction of sp³-hybridized carbons (Fsp3) is 0.0769. The van der Waals surface area contributed by atoms with Crippen LogP contribution in [0.2, 0.25) is 0 Å². The second kappa shape index (κ2) is 5.55. The summed E-state index contributed by atoms with van der Waals surface area (Å²) in [6.45, 7) is 0. The quantitative estimate of drug-likeness (QED) is 0.840. The predicted octanol–water partition coefficient (Wildman–Crippen LogP) is 2.14. The number of ether oxygens (including phenoxy) is 1. The van der Waals surface area contributed by atoms with Crippen LogP contribution in [0.15, 0.2) is 42.5 Å². The van der Waals surface area contributed by atoms with Crippen molar-refractivity contribution in [2.45, 2.75) is 0 Å². The Labute approximate surface area is 105 Å². The van der Waals surface area contributed by atoms with Gasteiger partial charge in [-0.25, -0.2) is 4.39 Å². The molecular formula is C13H12BFO3. The van der Waals surface area contributed by atoms with Crippen molar-refractivity contribution in [3.8, 4) is 22.6 Å². The molecule has 2 aromatic carbocycles. The zero-order valence-corrected chi connectivity index (χ0v) is 9.89. The van der Waals surface area contributed by atoms with Gasteiger partial charge in [-0.2, -0.15) is 0 Å². The average molecular weight is 246 g/mol. The number of hydrogen-bond acceptors (Lipinski definition) is 3. The topological polar surface area (TPSA) is 38.7 Å². The first-order chi connectivity index (χ1) is 8.74. The Morgan fingerprint density at radius 3 is 2.50 bits per heavy atom. The summed E-state index contributed by atoms with van der Waals surface area (Å²) in [5.74, 6) is 0.646. The lowest BCUT2D eigenvalue weighted by molar-refractivity contribution is 0.382. The van der Waals surface area contributed by atoms with Crippen LogP contribution >= 0.6 is 0 Å². The molecule has 0 saturated carbocycles. The van der Waals surface area contributed by atoms with Crippen LogP contribution in [0.1, 0.15) is 0 Å². The zero-order valence-electron chi connectivity index (χ0n) is 9.89. The largest absolute Gasteiger partial charge is 0.536 e. The van der Waals surface area contributed by atoms with Gasteiger partial charge in [0.2, 0.25) is 0 Å². The van der Waals surface area contributed by atoms with E-state index in [-0.39, 0.29) is 5.82 Å². The number of halogens is 1. The molecule has 2 rings (SSSR count). The van der Waals surface area contributed by atoms with E-state index < -0.39 is 7.69 Å². The van der Waals surface area contributed by atoms with E-state index in [4.69, 9.17) is 14.4 Å². The summed E-state index contributed by atoms with van der Waals surface area (Å²) in [6.07, 6.45) is 0. The van der Waals surface area contributed by atoms with Gasteiger partial charge in [-0.1, -0.05) is 18.2 Å². The molecule has 0 atom stereocenters. The van der Waals surface area contributed by atoms with E-state index in [0.29, 0.717) is 11.5 Å². The predicted molar refractivity (Wildman–Crippen MR) is 68.4 cm³/mol. The van der Waals surface area contributed by atoms with Crippen molar-refractivity contribution in [1.29, 1.82) is 0 Å². The number of rotatable bonds is 4. The molecule has 0 aliphatic carbocycles. The molecule has 0 amide bonds. The van der Waals surface area contributed by atoms with Gasteiger partial charge >= 0.3 is 7.69 Å². The van der Waals surface area contributed by atoms with Gasteiger partial charge in [0.05, 0.1) is 7.11 Å². The SMILES string of the molecule is COc1cc(-c2cccc(F)c2)ccc1OBO. The summed E-state index contributed by atoms with van der Waals surface area (Å²) in [7, 11) is 1.09. The van der Waals surface area contributed by atoms with Crippen molar-refractivity contribution in [1.82, 2.24) is 0 Å². The molecule has 92 valence electrons. The van der Waals surface area contributed by atoms with Gasteiger partial charge in [-0.05, 0) is 35.4 Å². The molecule has 18 heavy (non-hydrogen) atoms. The first kappa shape index (κ1) is 12.5. The number of benzene rings is 2. The van der Waals surface area contributed by atoms with E-state index >= 15 is 0 Å². The fourth-order valence-corrected chi connectivity index (χ4v) is 1.70. The van der Waals surface area contributed by atoms with E-state index in [0.717, 1.165) is 11.1 Å². The molecular weight excluding hydrogens is 234 g/mol. The molecule has 0 radical (unpaired) electrons. The first-order valence-electron chi connectivity index (χ1n) is 5.42. The van der Waals surface area contributed by atoms with E-state index in [1.807, 2.05) is 6.07 Å². The minimum Gasteiger partial charge on any atom is -0.536 e. The highest BCUT2D eigenvalue weighted by molar-refractivity contribution is 6.17. The van der Waals surface area contributed by atoms with Crippen molar-refractivity contribution in [3.05, 3.63) is 48.3 Å². The van der Waals surface area contributed by atoms with Crippen molar-refractivity contribution in [2.75, 3.05) is 7.11 Å². The third-order valence-electron chi connectivity index (χ3n) is 2.54. The standard InChI is InChI=1S/C13H12BFO3/c1-17-13-8-10(5-6-12(13)18-14-16)9-3-2-4-11(15)7-9/h2-8,14,16H,1H3. The van der Waals surface area contributed by atoms with Gasteiger partial charge in [0, 0.05) is 0 Å². The second-order valence-corrected chi connectivity index (χ2v) is 3.65. The Morgan fingerprint density at radius 1 is 1.06 bits per heavy atom. The summed E-state index contributed by atoms with van der Waals surface area (Å²) in [4.78, 5) is 0. The summed E-state index contributed by atoms with van der Waals surface area (Å²) in [5.41, 5.74) is 1.57.